The predicted octanol–water partition coefficient (Wildman–Crippen LogP) is 1.35. The second-order valence-electron chi connectivity index (χ2n) is 9.56. The van der Waals surface area contributed by atoms with Crippen molar-refractivity contribution in [3.8, 4) is 18.1 Å². The molecule has 1 aromatic heterocycles. The molecule has 4 N–H and O–H groups in total. The maximum atomic E-state index is 14.0. The molecule has 5 atom stereocenters. The highest BCUT2D eigenvalue weighted by Gasteiger charge is 2.44. The van der Waals surface area contributed by atoms with Crippen LogP contribution in [0.25, 0.3) is 0 Å². The van der Waals surface area contributed by atoms with Crippen LogP contribution in [0.5, 0.6) is 5.75 Å². The minimum atomic E-state index is -4.40. The molecule has 0 aliphatic carbocycles. The number of rotatable bonds is 15. The summed E-state index contributed by atoms with van der Waals surface area (Å²) in [6, 6.07) is 7.85. The molecule has 0 amide bonds. The number of ether oxygens (including phenoxy) is 2. The number of carbonyl (C=O) groups is 1. The Morgan fingerprint density at radius 1 is 1.20 bits per heavy atom. The van der Waals surface area contributed by atoms with Gasteiger partial charge >= 0.3 is 19.4 Å². The van der Waals surface area contributed by atoms with E-state index < -0.39 is 61.7 Å². The summed E-state index contributed by atoms with van der Waals surface area (Å²) in [4.78, 5) is 38.5. The summed E-state index contributed by atoms with van der Waals surface area (Å²) in [5.74, 6) is 1.38. The summed E-state index contributed by atoms with van der Waals surface area (Å²) in [7, 11) is -3.24. The molecule has 220 valence electrons. The zero-order valence-electron chi connectivity index (χ0n) is 23.0. The van der Waals surface area contributed by atoms with Gasteiger partial charge in [-0.1, -0.05) is 32.0 Å². The number of methoxy groups -OCH3 is 1. The van der Waals surface area contributed by atoms with Gasteiger partial charge in [0.1, 0.15) is 24.0 Å². The Balaban J connectivity index is 2.39. The van der Waals surface area contributed by atoms with E-state index in [9.17, 15) is 29.2 Å². The lowest BCUT2D eigenvalue weighted by atomic mass is 10.0. The van der Waals surface area contributed by atoms with Gasteiger partial charge in [0, 0.05) is 19.4 Å². The summed E-state index contributed by atoms with van der Waals surface area (Å²) < 4.78 is 36.3. The van der Waals surface area contributed by atoms with Crippen LogP contribution in [0.3, 0.4) is 0 Å². The molecule has 0 radical (unpaired) electrons. The van der Waals surface area contributed by atoms with Gasteiger partial charge in [0.05, 0.1) is 12.7 Å². The Morgan fingerprint density at radius 2 is 1.85 bits per heavy atom. The monoisotopic (exact) mass is 581 g/mol. The van der Waals surface area contributed by atoms with Crippen LogP contribution in [0.4, 0.5) is 0 Å². The van der Waals surface area contributed by atoms with E-state index in [1.807, 2.05) is 24.8 Å². The first-order chi connectivity index (χ1) is 18.7. The van der Waals surface area contributed by atoms with Crippen molar-refractivity contribution in [2.75, 3.05) is 13.7 Å². The lowest BCUT2D eigenvalue weighted by Crippen LogP contribution is -2.56. The zero-order chi connectivity index (χ0) is 30.1. The quantitative estimate of drug-likeness (QED) is 0.136. The molecule has 40 heavy (non-hydrogen) atoms. The van der Waals surface area contributed by atoms with Gasteiger partial charge in [0.25, 0.3) is 5.56 Å². The molecule has 14 heteroatoms. The van der Waals surface area contributed by atoms with E-state index in [0.29, 0.717) is 4.57 Å². The van der Waals surface area contributed by atoms with Crippen LogP contribution < -0.4 is 20.9 Å². The number of nitrogens with zero attached hydrogens (tertiary/aromatic N) is 1. The Hall–Kier alpha value is -3.24. The minimum absolute atomic E-state index is 0.0165. The molecule has 1 heterocycles. The molecule has 13 nitrogen and oxygen atoms in total. The van der Waals surface area contributed by atoms with Crippen molar-refractivity contribution in [1.29, 1.82) is 0 Å². The van der Waals surface area contributed by atoms with Crippen LogP contribution >= 0.6 is 7.75 Å². The highest BCUT2D eigenvalue weighted by atomic mass is 31.2. The first kappa shape index (κ1) is 33.0. The zero-order valence-corrected chi connectivity index (χ0v) is 23.9. The van der Waals surface area contributed by atoms with E-state index in [-0.39, 0.29) is 18.1 Å². The average molecular weight is 582 g/mol. The molecule has 1 unspecified atom stereocenters. The van der Waals surface area contributed by atoms with E-state index in [2.05, 4.69) is 5.09 Å². The Kier molecular flexibility index (Phi) is 11.9. The number of benzene rings is 1. The van der Waals surface area contributed by atoms with Crippen LogP contribution in [0.2, 0.25) is 0 Å². The van der Waals surface area contributed by atoms with E-state index in [0.717, 1.165) is 19.4 Å². The van der Waals surface area contributed by atoms with Gasteiger partial charge in [-0.3, -0.25) is 23.7 Å². The number of carbonyl (C=O) groups excluding carboxylic acids is 1. The lowest BCUT2D eigenvalue weighted by molar-refractivity contribution is -0.154. The largest absolute Gasteiger partial charge is 0.462 e. The first-order valence-electron chi connectivity index (χ1n) is 12.5. The SMILES string of the molecule is C#C[C@@](O)([C@H](O)[C@@H](COP(=O)(N[C@@H](CC(C)C)C(=O)OC(C)C)Oc1ccccc1)OC)n1ccc(=O)[nH]c1=O. The molecule has 0 spiro atoms. The van der Waals surface area contributed by atoms with Crippen LogP contribution in [-0.2, 0) is 29.1 Å². The molecule has 0 fully saturated rings. The fraction of sp³-hybridized carbons (Fsp3) is 0.500. The number of hydrogen-bond acceptors (Lipinski definition) is 10. The lowest BCUT2D eigenvalue weighted by Gasteiger charge is -2.34. The van der Waals surface area contributed by atoms with Crippen molar-refractivity contribution in [3.63, 3.8) is 0 Å². The van der Waals surface area contributed by atoms with E-state index in [4.69, 9.17) is 24.9 Å². The molecule has 0 aliphatic heterocycles. The maximum absolute atomic E-state index is 14.0. The van der Waals surface area contributed by atoms with E-state index in [1.54, 1.807) is 32.0 Å². The second-order valence-corrected chi connectivity index (χ2v) is 11.3. The smallest absolute Gasteiger partial charge is 0.459 e. The Labute approximate surface area is 232 Å². The number of hydrogen-bond donors (Lipinski definition) is 4. The fourth-order valence-electron chi connectivity index (χ4n) is 3.59. The number of aromatic amines is 1. The van der Waals surface area contributed by atoms with Gasteiger partial charge in [-0.2, -0.15) is 5.09 Å². The number of aromatic nitrogens is 2. The van der Waals surface area contributed by atoms with E-state index in [1.165, 1.54) is 12.1 Å². The predicted molar refractivity (Wildman–Crippen MR) is 145 cm³/mol. The van der Waals surface area contributed by atoms with Crippen molar-refractivity contribution in [3.05, 3.63) is 63.4 Å². The number of nitrogens with one attached hydrogen (secondary N) is 2. The molecule has 0 bridgehead atoms. The number of para-hydroxylation sites is 1. The average Bonchev–Trinajstić information content (AvgIpc) is 2.88. The highest BCUT2D eigenvalue weighted by Crippen LogP contribution is 2.46. The Bertz CT molecular complexity index is 1320. The second kappa shape index (κ2) is 14.4. The van der Waals surface area contributed by atoms with Gasteiger partial charge in [-0.05, 0) is 44.2 Å². The molecular formula is C26H36N3O10P. The van der Waals surface area contributed by atoms with Crippen LogP contribution in [0.1, 0.15) is 34.1 Å². The summed E-state index contributed by atoms with van der Waals surface area (Å²) in [6.45, 7) is 6.37. The molecule has 0 aliphatic rings. The van der Waals surface area contributed by atoms with Crippen molar-refractivity contribution in [2.45, 2.75) is 64.2 Å². The first-order valence-corrected chi connectivity index (χ1v) is 14.0. The molecular weight excluding hydrogens is 545 g/mol. The number of aliphatic hydroxyl groups excluding tert-OH is 1. The van der Waals surface area contributed by atoms with Gasteiger partial charge in [-0.15, -0.1) is 6.42 Å². The summed E-state index contributed by atoms with van der Waals surface area (Å²) in [6.07, 6.45) is 2.62. The number of terminal acetylenes is 1. The third kappa shape index (κ3) is 8.89. The van der Waals surface area contributed by atoms with Gasteiger partial charge < -0.3 is 24.2 Å². The number of esters is 1. The van der Waals surface area contributed by atoms with Crippen molar-refractivity contribution in [1.82, 2.24) is 14.6 Å². The number of H-pyrrole nitrogens is 1. The third-order valence-electron chi connectivity index (χ3n) is 5.51. The van der Waals surface area contributed by atoms with Crippen LogP contribution in [-0.4, -0.2) is 63.8 Å². The van der Waals surface area contributed by atoms with Gasteiger partial charge in [0.2, 0.25) is 5.72 Å². The van der Waals surface area contributed by atoms with Crippen LogP contribution in [0, 0.1) is 18.3 Å². The summed E-state index contributed by atoms with van der Waals surface area (Å²) in [5.41, 5.74) is -4.55. The molecule has 2 rings (SSSR count). The number of aliphatic hydroxyl groups is 2. The summed E-state index contributed by atoms with van der Waals surface area (Å²) in [5, 5.41) is 24.7. The van der Waals surface area contributed by atoms with Gasteiger partial charge in [0.15, 0.2) is 0 Å². The molecule has 2 aromatic rings. The minimum Gasteiger partial charge on any atom is -0.462 e. The third-order valence-corrected chi connectivity index (χ3v) is 7.07. The van der Waals surface area contributed by atoms with Gasteiger partial charge in [-0.25, -0.2) is 9.36 Å². The van der Waals surface area contributed by atoms with Crippen molar-refractivity contribution in [2.24, 2.45) is 5.92 Å². The summed E-state index contributed by atoms with van der Waals surface area (Å²) >= 11 is 0. The fourth-order valence-corrected chi connectivity index (χ4v) is 5.11. The molecule has 1 aromatic carbocycles. The highest BCUT2D eigenvalue weighted by molar-refractivity contribution is 7.52. The Morgan fingerprint density at radius 3 is 2.38 bits per heavy atom. The molecule has 0 saturated heterocycles. The normalized spacial score (nSPS) is 16.8. The van der Waals surface area contributed by atoms with Crippen molar-refractivity contribution >= 4 is 13.7 Å². The topological polar surface area (TPSA) is 178 Å². The van der Waals surface area contributed by atoms with E-state index >= 15 is 0 Å². The standard InChI is InChI=1S/C26H36N3O10P/c1-7-26(34,29-14-13-22(30)27-25(29)33)23(31)21(36-6)16-37-40(35,39-19-11-9-8-10-12-19)28-20(15-17(2)3)24(32)38-18(4)5/h1,8-14,17-18,20-21,23,31,34H,15-16H2,2-6H3,(H,28,35)(H,27,30,33)/t20-,21+,23+,26+,40?/m0/s1. The van der Waals surface area contributed by atoms with Crippen molar-refractivity contribution < 1.29 is 38.1 Å². The maximum Gasteiger partial charge on any atom is 0.459 e. The molecule has 0 saturated carbocycles. The van der Waals surface area contributed by atoms with Crippen LogP contribution in [0.15, 0.2) is 52.2 Å².